The highest BCUT2D eigenvalue weighted by Crippen LogP contribution is 2.18. The van der Waals surface area contributed by atoms with Crippen molar-refractivity contribution >= 4 is 49.2 Å². The van der Waals surface area contributed by atoms with E-state index in [0.717, 1.165) is 5.01 Å². The number of pyridine rings is 1. The van der Waals surface area contributed by atoms with Crippen molar-refractivity contribution in [3.8, 4) is 0 Å². The molecule has 0 bridgehead atoms. The van der Waals surface area contributed by atoms with Gasteiger partial charge in [0.2, 0.25) is 0 Å². The summed E-state index contributed by atoms with van der Waals surface area (Å²) in [5.41, 5.74) is 0.255. The van der Waals surface area contributed by atoms with E-state index in [0.29, 0.717) is 5.69 Å². The molecule has 0 aliphatic heterocycles. The van der Waals surface area contributed by atoms with E-state index in [1.165, 1.54) is 22.0 Å². The van der Waals surface area contributed by atoms with Gasteiger partial charge < -0.3 is 9.67 Å². The molecule has 5 nitrogen and oxygen atoms in total. The van der Waals surface area contributed by atoms with Crippen molar-refractivity contribution in [2.45, 2.75) is 11.9 Å². The van der Waals surface area contributed by atoms with Gasteiger partial charge in [-0.25, -0.2) is 9.78 Å². The van der Waals surface area contributed by atoms with Gasteiger partial charge in [0, 0.05) is 22.6 Å². The molecule has 0 unspecified atom stereocenters. The quantitative estimate of drug-likeness (QED) is 0.791. The number of carboxylic acid groups (broad SMARTS) is 1. The van der Waals surface area contributed by atoms with E-state index in [1.807, 2.05) is 5.38 Å². The molecule has 19 heavy (non-hydrogen) atoms. The Bertz CT molecular complexity index is 667. The van der Waals surface area contributed by atoms with Gasteiger partial charge in [-0.3, -0.25) is 4.79 Å². The number of carboxylic acids is 1. The van der Waals surface area contributed by atoms with Crippen LogP contribution in [0.4, 0.5) is 0 Å². The minimum atomic E-state index is -1.07. The molecule has 0 amide bonds. The van der Waals surface area contributed by atoms with Crippen molar-refractivity contribution in [3.05, 3.63) is 48.7 Å². The fraction of sp³-hybridized carbons (Fsp3) is 0.182. The molecule has 0 aliphatic carbocycles. The number of rotatable bonds is 4. The van der Waals surface area contributed by atoms with E-state index < -0.39 is 5.97 Å². The Morgan fingerprint density at radius 3 is 2.79 bits per heavy atom. The lowest BCUT2D eigenvalue weighted by Gasteiger charge is -2.13. The summed E-state index contributed by atoms with van der Waals surface area (Å²) >= 11 is 7.76. The molecule has 0 spiro atoms. The molecule has 8 heteroatoms. The second kappa shape index (κ2) is 5.98. The molecule has 0 atom stereocenters. The highest BCUT2D eigenvalue weighted by Gasteiger charge is 2.18. The van der Waals surface area contributed by atoms with Gasteiger partial charge in [0.05, 0.1) is 16.6 Å². The van der Waals surface area contributed by atoms with Crippen LogP contribution in [0.25, 0.3) is 0 Å². The van der Waals surface area contributed by atoms with E-state index in [2.05, 4.69) is 36.8 Å². The van der Waals surface area contributed by atoms with Crippen LogP contribution in [0.3, 0.4) is 0 Å². The molecule has 1 N–H and O–H groups in total. The Morgan fingerprint density at radius 1 is 1.53 bits per heavy atom. The normalized spacial score (nSPS) is 10.6. The topological polar surface area (TPSA) is 72.2 Å². The van der Waals surface area contributed by atoms with Gasteiger partial charge in [0.1, 0.15) is 5.01 Å². The fourth-order valence-electron chi connectivity index (χ4n) is 1.63. The molecule has 2 rings (SSSR count). The zero-order valence-electron chi connectivity index (χ0n) is 9.47. The SMILES string of the molecule is O=C(O)c1cc(Br)c(=O)n(Cc2nccs2)c1CBr. The van der Waals surface area contributed by atoms with Gasteiger partial charge in [-0.1, -0.05) is 15.9 Å². The molecular weight excluding hydrogens is 400 g/mol. The number of aromatic nitrogens is 2. The van der Waals surface area contributed by atoms with Crippen LogP contribution in [-0.2, 0) is 11.9 Å². The Labute approximate surface area is 129 Å². The van der Waals surface area contributed by atoms with Crippen molar-refractivity contribution in [2.75, 3.05) is 0 Å². The van der Waals surface area contributed by atoms with E-state index in [4.69, 9.17) is 0 Å². The molecule has 0 saturated heterocycles. The average Bonchev–Trinajstić information content (AvgIpc) is 2.87. The predicted octanol–water partition coefficient (Wildman–Crippen LogP) is 2.71. The van der Waals surface area contributed by atoms with Crippen molar-refractivity contribution in [1.82, 2.24) is 9.55 Å². The van der Waals surface area contributed by atoms with E-state index in [9.17, 15) is 14.7 Å². The zero-order valence-corrected chi connectivity index (χ0v) is 13.5. The third kappa shape index (κ3) is 2.96. The first kappa shape index (κ1) is 14.4. The Hall–Kier alpha value is -0.990. The van der Waals surface area contributed by atoms with Crippen LogP contribution in [0.5, 0.6) is 0 Å². The molecule has 0 fully saturated rings. The maximum Gasteiger partial charge on any atom is 0.337 e. The standard InChI is InChI=1S/C11H8Br2N2O3S/c12-4-8-6(11(17)18)3-7(13)10(16)15(8)5-9-14-1-2-19-9/h1-3H,4-5H2,(H,17,18). The number of nitrogens with zero attached hydrogens (tertiary/aromatic N) is 2. The van der Waals surface area contributed by atoms with Gasteiger partial charge in [0.25, 0.3) is 5.56 Å². The molecule has 0 saturated carbocycles. The number of hydrogen-bond acceptors (Lipinski definition) is 4. The summed E-state index contributed by atoms with van der Waals surface area (Å²) in [6.07, 6.45) is 1.65. The second-order valence-electron chi connectivity index (χ2n) is 3.61. The first-order valence-corrected chi connectivity index (χ1v) is 7.94. The Morgan fingerprint density at radius 2 is 2.26 bits per heavy atom. The maximum atomic E-state index is 12.1. The first-order valence-electron chi connectivity index (χ1n) is 5.14. The molecule has 0 radical (unpaired) electrons. The predicted molar refractivity (Wildman–Crippen MR) is 79.2 cm³/mol. The van der Waals surface area contributed by atoms with Gasteiger partial charge in [-0.15, -0.1) is 11.3 Å². The summed E-state index contributed by atoms with van der Waals surface area (Å²) in [5, 5.41) is 12.0. The van der Waals surface area contributed by atoms with Crippen LogP contribution < -0.4 is 5.56 Å². The van der Waals surface area contributed by atoms with Crippen LogP contribution >= 0.6 is 43.2 Å². The molecule has 0 aliphatic rings. The number of halogens is 2. The third-order valence-electron chi connectivity index (χ3n) is 2.49. The molecule has 0 aromatic carbocycles. The summed E-state index contributed by atoms with van der Waals surface area (Å²) in [4.78, 5) is 27.5. The lowest BCUT2D eigenvalue weighted by atomic mass is 10.2. The highest BCUT2D eigenvalue weighted by atomic mass is 79.9. The maximum absolute atomic E-state index is 12.1. The average molecular weight is 408 g/mol. The van der Waals surface area contributed by atoms with Gasteiger partial charge >= 0.3 is 5.97 Å². The van der Waals surface area contributed by atoms with Crippen LogP contribution in [0.1, 0.15) is 21.1 Å². The number of hydrogen-bond donors (Lipinski definition) is 1. The van der Waals surface area contributed by atoms with Crippen LogP contribution in [0, 0.1) is 0 Å². The molecule has 100 valence electrons. The lowest BCUT2D eigenvalue weighted by Crippen LogP contribution is -2.27. The summed E-state index contributed by atoms with van der Waals surface area (Å²) in [5.74, 6) is -1.07. The minimum Gasteiger partial charge on any atom is -0.478 e. The van der Waals surface area contributed by atoms with Crippen LogP contribution in [0.15, 0.2) is 26.9 Å². The third-order valence-corrected chi connectivity index (χ3v) is 4.35. The molecule has 2 aromatic heterocycles. The minimum absolute atomic E-state index is 0.0971. The van der Waals surface area contributed by atoms with E-state index in [1.54, 1.807) is 6.20 Å². The van der Waals surface area contributed by atoms with Crippen molar-refractivity contribution in [1.29, 1.82) is 0 Å². The highest BCUT2D eigenvalue weighted by molar-refractivity contribution is 9.10. The van der Waals surface area contributed by atoms with Gasteiger partial charge in [0.15, 0.2) is 0 Å². The van der Waals surface area contributed by atoms with Crippen LogP contribution in [0.2, 0.25) is 0 Å². The first-order chi connectivity index (χ1) is 9.04. The number of carbonyl (C=O) groups is 1. The van der Waals surface area contributed by atoms with Crippen molar-refractivity contribution in [2.24, 2.45) is 0 Å². The lowest BCUT2D eigenvalue weighted by molar-refractivity contribution is 0.0694. The number of alkyl halides is 1. The summed E-state index contributed by atoms with van der Waals surface area (Å²) in [6.45, 7) is 0.261. The molecule has 2 aromatic rings. The van der Waals surface area contributed by atoms with Crippen molar-refractivity contribution in [3.63, 3.8) is 0 Å². The monoisotopic (exact) mass is 406 g/mol. The Kier molecular flexibility index (Phi) is 4.54. The van der Waals surface area contributed by atoms with E-state index in [-0.39, 0.29) is 27.5 Å². The number of aromatic carboxylic acids is 1. The fourth-order valence-corrected chi connectivity index (χ4v) is 3.28. The summed E-state index contributed by atoms with van der Waals surface area (Å²) < 4.78 is 1.65. The summed E-state index contributed by atoms with van der Waals surface area (Å²) in [7, 11) is 0. The van der Waals surface area contributed by atoms with Gasteiger partial charge in [-0.2, -0.15) is 0 Å². The van der Waals surface area contributed by atoms with Crippen molar-refractivity contribution < 1.29 is 9.90 Å². The Balaban J connectivity index is 2.63. The summed E-state index contributed by atoms with van der Waals surface area (Å²) in [6, 6.07) is 1.33. The number of thiazole rings is 1. The largest absolute Gasteiger partial charge is 0.478 e. The smallest absolute Gasteiger partial charge is 0.337 e. The zero-order chi connectivity index (χ0) is 14.0. The molecule has 2 heterocycles. The van der Waals surface area contributed by atoms with Gasteiger partial charge in [-0.05, 0) is 22.0 Å². The second-order valence-corrected chi connectivity index (χ2v) is 6.00. The molecular formula is C11H8Br2N2O3S. The van der Waals surface area contributed by atoms with E-state index >= 15 is 0 Å². The van der Waals surface area contributed by atoms with Crippen LogP contribution in [-0.4, -0.2) is 20.6 Å².